The third kappa shape index (κ3) is 2.58. The molecule has 13 heavy (non-hydrogen) atoms. The van der Waals surface area contributed by atoms with Gasteiger partial charge in [0.2, 0.25) is 0 Å². The van der Waals surface area contributed by atoms with E-state index in [1.165, 1.54) is 38.8 Å². The Balaban J connectivity index is 0.000000845. The minimum Gasteiger partial charge on any atom is -0.329 e. The van der Waals surface area contributed by atoms with Crippen LogP contribution in [0.2, 0.25) is 0 Å². The average Bonchev–Trinajstić information content (AvgIpc) is 2.64. The molecule has 78 valence electrons. The number of hydrogen-bond acceptors (Lipinski definition) is 2. The topological polar surface area (TPSA) is 29.3 Å². The van der Waals surface area contributed by atoms with E-state index in [2.05, 4.69) is 11.8 Å². The van der Waals surface area contributed by atoms with Crippen LogP contribution >= 0.6 is 12.4 Å². The van der Waals surface area contributed by atoms with E-state index >= 15 is 0 Å². The molecular weight excluding hydrogens is 184 g/mol. The first-order valence-electron chi connectivity index (χ1n) is 5.18. The molecule has 1 saturated heterocycles. The van der Waals surface area contributed by atoms with Gasteiger partial charge in [-0.25, -0.2) is 0 Å². The first-order valence-corrected chi connectivity index (χ1v) is 5.18. The first kappa shape index (κ1) is 11.3. The summed E-state index contributed by atoms with van der Waals surface area (Å²) in [5.41, 5.74) is 6.39. The maximum atomic E-state index is 5.72. The van der Waals surface area contributed by atoms with Gasteiger partial charge < -0.3 is 5.73 Å². The Bertz CT molecular complexity index is 168. The molecular formula is C10H21ClN2. The number of nitrogens with zero attached hydrogens (tertiary/aromatic N) is 1. The molecule has 2 nitrogen and oxygen atoms in total. The van der Waals surface area contributed by atoms with Crippen LogP contribution in [-0.2, 0) is 0 Å². The van der Waals surface area contributed by atoms with Crippen molar-refractivity contribution in [2.75, 3.05) is 19.6 Å². The van der Waals surface area contributed by atoms with E-state index < -0.39 is 0 Å². The van der Waals surface area contributed by atoms with Gasteiger partial charge in [-0.1, -0.05) is 6.92 Å². The lowest BCUT2D eigenvalue weighted by Crippen LogP contribution is -2.38. The van der Waals surface area contributed by atoms with E-state index in [1.54, 1.807) is 0 Å². The van der Waals surface area contributed by atoms with Gasteiger partial charge >= 0.3 is 0 Å². The minimum absolute atomic E-state index is 0. The summed E-state index contributed by atoms with van der Waals surface area (Å²) in [7, 11) is 0. The second kappa shape index (κ2) is 4.16. The highest BCUT2D eigenvalue weighted by atomic mass is 35.5. The van der Waals surface area contributed by atoms with Gasteiger partial charge in [0.15, 0.2) is 0 Å². The molecule has 1 heterocycles. The van der Waals surface area contributed by atoms with Crippen LogP contribution in [0.25, 0.3) is 0 Å². The van der Waals surface area contributed by atoms with Crippen LogP contribution in [0.4, 0.5) is 0 Å². The fourth-order valence-electron chi connectivity index (χ4n) is 2.23. The second-order valence-electron chi connectivity index (χ2n) is 4.81. The van der Waals surface area contributed by atoms with Crippen LogP contribution in [0.15, 0.2) is 0 Å². The van der Waals surface area contributed by atoms with Gasteiger partial charge in [0, 0.05) is 19.1 Å². The highest BCUT2D eigenvalue weighted by molar-refractivity contribution is 5.85. The van der Waals surface area contributed by atoms with Gasteiger partial charge in [0.05, 0.1) is 0 Å². The van der Waals surface area contributed by atoms with Gasteiger partial charge in [0.25, 0.3) is 0 Å². The second-order valence-corrected chi connectivity index (χ2v) is 4.81. The molecule has 0 bridgehead atoms. The highest BCUT2D eigenvalue weighted by Crippen LogP contribution is 2.46. The van der Waals surface area contributed by atoms with Crippen molar-refractivity contribution in [3.63, 3.8) is 0 Å². The molecule has 1 saturated carbocycles. The third-order valence-corrected chi connectivity index (χ3v) is 3.46. The van der Waals surface area contributed by atoms with Gasteiger partial charge in [-0.2, -0.15) is 0 Å². The smallest absolute Gasteiger partial charge is 0.0219 e. The molecule has 2 fully saturated rings. The zero-order chi connectivity index (χ0) is 8.60. The van der Waals surface area contributed by atoms with Crippen molar-refractivity contribution in [2.24, 2.45) is 11.1 Å². The van der Waals surface area contributed by atoms with E-state index in [0.29, 0.717) is 11.5 Å². The number of rotatable bonds is 3. The van der Waals surface area contributed by atoms with Crippen molar-refractivity contribution >= 4 is 12.4 Å². The van der Waals surface area contributed by atoms with Crippen LogP contribution < -0.4 is 5.73 Å². The first-order chi connectivity index (χ1) is 5.73. The molecule has 2 aliphatic rings. The molecule has 1 atom stereocenters. The molecule has 1 aliphatic heterocycles. The summed E-state index contributed by atoms with van der Waals surface area (Å²) in [6.07, 6.45) is 5.55. The molecule has 1 unspecified atom stereocenters. The van der Waals surface area contributed by atoms with Crippen LogP contribution in [0.3, 0.4) is 0 Å². The molecule has 0 aromatic heterocycles. The van der Waals surface area contributed by atoms with E-state index in [1.807, 2.05) is 0 Å². The Labute approximate surface area is 87.3 Å². The summed E-state index contributed by atoms with van der Waals surface area (Å²) in [6.45, 7) is 5.85. The third-order valence-electron chi connectivity index (χ3n) is 3.46. The summed E-state index contributed by atoms with van der Waals surface area (Å²) >= 11 is 0. The molecule has 0 radical (unpaired) electrons. The van der Waals surface area contributed by atoms with Crippen molar-refractivity contribution < 1.29 is 0 Å². The molecule has 2 N–H and O–H groups in total. The number of hydrogen-bond donors (Lipinski definition) is 1. The highest BCUT2D eigenvalue weighted by Gasteiger charge is 2.40. The number of halogens is 1. The fraction of sp³-hybridized carbons (Fsp3) is 1.00. The molecule has 0 spiro atoms. The zero-order valence-electron chi connectivity index (χ0n) is 8.46. The SMILES string of the molecule is CC1(CN2CCCC2CN)CC1.Cl. The fourth-order valence-corrected chi connectivity index (χ4v) is 2.23. The molecule has 0 aromatic carbocycles. The van der Waals surface area contributed by atoms with E-state index in [4.69, 9.17) is 5.73 Å². The summed E-state index contributed by atoms with van der Waals surface area (Å²) in [5, 5.41) is 0. The van der Waals surface area contributed by atoms with Crippen LogP contribution in [0.1, 0.15) is 32.6 Å². The molecule has 0 aromatic rings. The van der Waals surface area contributed by atoms with Crippen molar-refractivity contribution in [3.8, 4) is 0 Å². The van der Waals surface area contributed by atoms with E-state index in [9.17, 15) is 0 Å². The number of likely N-dealkylation sites (tertiary alicyclic amines) is 1. The Morgan fingerprint density at radius 1 is 1.46 bits per heavy atom. The van der Waals surface area contributed by atoms with Crippen LogP contribution in [0, 0.1) is 5.41 Å². The Morgan fingerprint density at radius 3 is 2.69 bits per heavy atom. The molecule has 3 heteroatoms. The van der Waals surface area contributed by atoms with Gasteiger partial charge in [-0.05, 0) is 37.6 Å². The lowest BCUT2D eigenvalue weighted by atomic mass is 10.1. The largest absolute Gasteiger partial charge is 0.329 e. The van der Waals surface area contributed by atoms with Gasteiger partial charge in [0.1, 0.15) is 0 Å². The molecule has 0 amide bonds. The van der Waals surface area contributed by atoms with Gasteiger partial charge in [-0.3, -0.25) is 4.90 Å². The minimum atomic E-state index is 0. The summed E-state index contributed by atoms with van der Waals surface area (Å²) in [6, 6.07) is 0.697. The van der Waals surface area contributed by atoms with Crippen molar-refractivity contribution in [3.05, 3.63) is 0 Å². The quantitative estimate of drug-likeness (QED) is 0.758. The van der Waals surface area contributed by atoms with Crippen LogP contribution in [-0.4, -0.2) is 30.6 Å². The summed E-state index contributed by atoms with van der Waals surface area (Å²) in [4.78, 5) is 2.60. The van der Waals surface area contributed by atoms with Crippen LogP contribution in [0.5, 0.6) is 0 Å². The normalized spacial score (nSPS) is 31.4. The standard InChI is InChI=1S/C10H20N2.ClH/c1-10(4-5-10)8-12-6-2-3-9(12)7-11;/h9H,2-8,11H2,1H3;1H. The maximum Gasteiger partial charge on any atom is 0.0219 e. The summed E-state index contributed by atoms with van der Waals surface area (Å²) in [5.74, 6) is 0. The van der Waals surface area contributed by atoms with E-state index in [0.717, 1.165) is 6.54 Å². The summed E-state index contributed by atoms with van der Waals surface area (Å²) < 4.78 is 0. The monoisotopic (exact) mass is 204 g/mol. The lowest BCUT2D eigenvalue weighted by Gasteiger charge is -2.26. The van der Waals surface area contributed by atoms with Crippen molar-refractivity contribution in [1.82, 2.24) is 4.90 Å². The maximum absolute atomic E-state index is 5.72. The number of nitrogens with two attached hydrogens (primary N) is 1. The predicted octanol–water partition coefficient (Wildman–Crippen LogP) is 1.63. The van der Waals surface area contributed by atoms with Crippen molar-refractivity contribution in [1.29, 1.82) is 0 Å². The zero-order valence-corrected chi connectivity index (χ0v) is 9.28. The lowest BCUT2D eigenvalue weighted by molar-refractivity contribution is 0.215. The average molecular weight is 205 g/mol. The Kier molecular flexibility index (Phi) is 3.61. The van der Waals surface area contributed by atoms with Crippen molar-refractivity contribution in [2.45, 2.75) is 38.6 Å². The Hall–Kier alpha value is 0.210. The van der Waals surface area contributed by atoms with E-state index in [-0.39, 0.29) is 12.4 Å². The Morgan fingerprint density at radius 2 is 2.15 bits per heavy atom. The van der Waals surface area contributed by atoms with Gasteiger partial charge in [-0.15, -0.1) is 12.4 Å². The molecule has 1 aliphatic carbocycles. The molecule has 2 rings (SSSR count). The predicted molar refractivity (Wildman–Crippen MR) is 58.2 cm³/mol.